The molecule has 4 nitrogen and oxygen atoms in total. The van der Waals surface area contributed by atoms with Crippen molar-refractivity contribution in [3.05, 3.63) is 60.2 Å². The Balaban J connectivity index is 2.43. The van der Waals surface area contributed by atoms with Crippen molar-refractivity contribution in [3.63, 3.8) is 0 Å². The molecule has 126 valence electrons. The highest BCUT2D eigenvalue weighted by molar-refractivity contribution is 8.10. The van der Waals surface area contributed by atoms with Crippen molar-refractivity contribution in [2.24, 2.45) is 4.99 Å². The predicted molar refractivity (Wildman–Crippen MR) is 104 cm³/mol. The van der Waals surface area contributed by atoms with Gasteiger partial charge in [0.05, 0.1) is 17.3 Å². The second-order valence-electron chi connectivity index (χ2n) is 5.92. The van der Waals surface area contributed by atoms with E-state index in [1.165, 1.54) is 11.8 Å². The second kappa shape index (κ2) is 7.37. The van der Waals surface area contributed by atoms with E-state index in [2.05, 4.69) is 24.4 Å². The molecule has 0 amide bonds. The number of aliphatic imine (C=N–C) groups is 1. The Bertz CT molecular complexity index is 878. The summed E-state index contributed by atoms with van der Waals surface area (Å²) in [6.45, 7) is 10.9. The molecule has 0 aliphatic carbocycles. The first-order valence-corrected chi connectivity index (χ1v) is 8.33. The molecule has 0 saturated heterocycles. The molecular formula is C20H18N2O2S. The molecule has 2 rings (SSSR count). The number of aliphatic carboxylic acids is 1. The molecule has 1 N–H and O–H groups in total. The largest absolute Gasteiger partial charge is 0.480 e. The van der Waals surface area contributed by atoms with Crippen LogP contribution in [0.3, 0.4) is 0 Å². The monoisotopic (exact) mass is 350 g/mol. The minimum atomic E-state index is -1.00. The fraction of sp³-hybridized carbons (Fsp3) is 0.150. The lowest BCUT2D eigenvalue weighted by Crippen LogP contribution is -2.26. The Morgan fingerprint density at radius 3 is 2.32 bits per heavy atom. The first kappa shape index (κ1) is 18.5. The maximum absolute atomic E-state index is 11.4. The Labute approximate surface area is 151 Å². The molecule has 0 spiro atoms. The smallest absolute Gasteiger partial charge is 0.319 e. The predicted octanol–water partition coefficient (Wildman–Crippen LogP) is 5.12. The Morgan fingerprint density at radius 1 is 1.20 bits per heavy atom. The van der Waals surface area contributed by atoms with Gasteiger partial charge in [0.25, 0.3) is 0 Å². The lowest BCUT2D eigenvalue weighted by atomic mass is 10.0. The summed E-state index contributed by atoms with van der Waals surface area (Å²) in [5, 5.41) is 18.2. The average Bonchev–Trinajstić information content (AvgIpc) is 2.60. The molecule has 0 heterocycles. The van der Waals surface area contributed by atoms with Crippen molar-refractivity contribution in [1.29, 1.82) is 5.26 Å². The molecule has 5 heteroatoms. The standard InChI is InChI=1S/C20H18N2O2S/c1-13(25-20(2,3)19(23)24)17-11-16(9-10-18(17)22-4)15-7-5-14(12-21)6-8-15/h5-11H,1,4H2,2-3H3,(H,23,24). The van der Waals surface area contributed by atoms with Gasteiger partial charge in [0.1, 0.15) is 4.75 Å². The van der Waals surface area contributed by atoms with Crippen LogP contribution in [0.2, 0.25) is 0 Å². The van der Waals surface area contributed by atoms with Crippen LogP contribution in [-0.2, 0) is 4.79 Å². The lowest BCUT2D eigenvalue weighted by molar-refractivity contribution is -0.138. The van der Waals surface area contributed by atoms with E-state index in [4.69, 9.17) is 5.26 Å². The SMILES string of the molecule is C=Nc1ccc(-c2ccc(C#N)cc2)cc1C(=C)SC(C)(C)C(=O)O. The van der Waals surface area contributed by atoms with E-state index in [0.29, 0.717) is 16.2 Å². The highest BCUT2D eigenvalue weighted by atomic mass is 32.2. The first-order valence-electron chi connectivity index (χ1n) is 7.51. The summed E-state index contributed by atoms with van der Waals surface area (Å²) in [5.41, 5.74) is 3.87. The van der Waals surface area contributed by atoms with Crippen LogP contribution in [0.25, 0.3) is 16.0 Å². The Morgan fingerprint density at radius 2 is 1.80 bits per heavy atom. The number of carbonyl (C=O) groups is 1. The molecule has 0 saturated carbocycles. The summed E-state index contributed by atoms with van der Waals surface area (Å²) in [7, 11) is 0. The Kier molecular flexibility index (Phi) is 5.45. The molecular weight excluding hydrogens is 332 g/mol. The van der Waals surface area contributed by atoms with E-state index in [-0.39, 0.29) is 0 Å². The molecule has 0 radical (unpaired) electrons. The number of thioether (sulfide) groups is 1. The van der Waals surface area contributed by atoms with Gasteiger partial charge in [-0.15, -0.1) is 11.8 Å². The van der Waals surface area contributed by atoms with Crippen LogP contribution in [0, 0.1) is 11.3 Å². The normalized spacial score (nSPS) is 10.8. The third kappa shape index (κ3) is 4.17. The number of benzene rings is 2. The fourth-order valence-corrected chi connectivity index (χ4v) is 3.20. The number of carboxylic acid groups (broad SMARTS) is 1. The molecule has 25 heavy (non-hydrogen) atoms. The maximum Gasteiger partial charge on any atom is 0.319 e. The third-order valence-electron chi connectivity index (χ3n) is 3.71. The molecule has 2 aromatic carbocycles. The summed E-state index contributed by atoms with van der Waals surface area (Å²) in [4.78, 5) is 16.0. The first-order chi connectivity index (χ1) is 11.8. The van der Waals surface area contributed by atoms with Crippen molar-refractivity contribution >= 4 is 35.0 Å². The van der Waals surface area contributed by atoms with Crippen LogP contribution in [0.4, 0.5) is 5.69 Å². The molecule has 0 aromatic heterocycles. The summed E-state index contributed by atoms with van der Waals surface area (Å²) in [6, 6.07) is 15.0. The zero-order valence-electron chi connectivity index (χ0n) is 14.1. The molecule has 2 aromatic rings. The minimum Gasteiger partial charge on any atom is -0.480 e. The second-order valence-corrected chi connectivity index (χ2v) is 7.64. The lowest BCUT2D eigenvalue weighted by Gasteiger charge is -2.21. The van der Waals surface area contributed by atoms with Crippen molar-refractivity contribution in [2.75, 3.05) is 0 Å². The number of carboxylic acids is 1. The summed E-state index contributed by atoms with van der Waals surface area (Å²) in [6.07, 6.45) is 0. The van der Waals surface area contributed by atoms with Gasteiger partial charge in [-0.2, -0.15) is 5.26 Å². The van der Waals surface area contributed by atoms with E-state index in [0.717, 1.165) is 16.7 Å². The number of hydrogen-bond acceptors (Lipinski definition) is 4. The maximum atomic E-state index is 11.4. The van der Waals surface area contributed by atoms with E-state index in [1.807, 2.05) is 30.3 Å². The summed E-state index contributed by atoms with van der Waals surface area (Å²) in [5.74, 6) is -0.907. The third-order valence-corrected chi connectivity index (χ3v) is 4.86. The van der Waals surface area contributed by atoms with Gasteiger partial charge in [0.15, 0.2) is 0 Å². The fourth-order valence-electron chi connectivity index (χ4n) is 2.22. The number of rotatable bonds is 6. The van der Waals surface area contributed by atoms with Crippen molar-refractivity contribution in [1.82, 2.24) is 0 Å². The molecule has 0 atom stereocenters. The van der Waals surface area contributed by atoms with E-state index in [9.17, 15) is 9.90 Å². The van der Waals surface area contributed by atoms with Crippen molar-refractivity contribution in [3.8, 4) is 17.2 Å². The summed E-state index contributed by atoms with van der Waals surface area (Å²) < 4.78 is -1.00. The van der Waals surface area contributed by atoms with Gasteiger partial charge in [-0.25, -0.2) is 0 Å². The van der Waals surface area contributed by atoms with Gasteiger partial charge in [0, 0.05) is 10.5 Å². The average molecular weight is 350 g/mol. The van der Waals surface area contributed by atoms with Crippen LogP contribution < -0.4 is 0 Å². The zero-order chi connectivity index (χ0) is 18.6. The number of nitriles is 1. The summed E-state index contributed by atoms with van der Waals surface area (Å²) >= 11 is 1.18. The van der Waals surface area contributed by atoms with E-state index >= 15 is 0 Å². The van der Waals surface area contributed by atoms with Crippen LogP contribution in [0.5, 0.6) is 0 Å². The van der Waals surface area contributed by atoms with Crippen LogP contribution in [-0.4, -0.2) is 22.5 Å². The minimum absolute atomic E-state index is 0.594. The van der Waals surface area contributed by atoms with Gasteiger partial charge < -0.3 is 5.11 Å². The van der Waals surface area contributed by atoms with Gasteiger partial charge in [-0.05, 0) is 56.0 Å². The van der Waals surface area contributed by atoms with Crippen molar-refractivity contribution in [2.45, 2.75) is 18.6 Å². The van der Waals surface area contributed by atoms with Crippen molar-refractivity contribution < 1.29 is 9.90 Å². The molecule has 0 aliphatic rings. The highest BCUT2D eigenvalue weighted by Crippen LogP contribution is 2.41. The van der Waals surface area contributed by atoms with Gasteiger partial charge in [0.2, 0.25) is 0 Å². The van der Waals surface area contributed by atoms with E-state index < -0.39 is 10.7 Å². The van der Waals surface area contributed by atoms with E-state index in [1.54, 1.807) is 26.0 Å². The van der Waals surface area contributed by atoms with Crippen LogP contribution in [0.15, 0.2) is 54.0 Å². The van der Waals surface area contributed by atoms with Gasteiger partial charge in [-0.3, -0.25) is 9.79 Å². The Hall–Kier alpha value is -2.84. The molecule has 0 unspecified atom stereocenters. The topological polar surface area (TPSA) is 73.5 Å². The van der Waals surface area contributed by atoms with Gasteiger partial charge in [-0.1, -0.05) is 24.8 Å². The highest BCUT2D eigenvalue weighted by Gasteiger charge is 2.29. The van der Waals surface area contributed by atoms with Gasteiger partial charge >= 0.3 is 5.97 Å². The molecule has 0 aliphatic heterocycles. The number of hydrogen-bond donors (Lipinski definition) is 1. The quantitative estimate of drug-likeness (QED) is 0.733. The van der Waals surface area contributed by atoms with Crippen LogP contribution in [0.1, 0.15) is 25.0 Å². The zero-order valence-corrected chi connectivity index (χ0v) is 14.9. The number of nitrogens with zero attached hydrogens (tertiary/aromatic N) is 2. The molecule has 0 fully saturated rings. The van der Waals surface area contributed by atoms with Crippen LogP contribution >= 0.6 is 11.8 Å². The molecule has 0 bridgehead atoms.